The number of guanidine groups is 1. The smallest absolute Gasteiger partial charge is 0.198 e. The van der Waals surface area contributed by atoms with Gasteiger partial charge in [0, 0.05) is 26.9 Å². The van der Waals surface area contributed by atoms with E-state index in [9.17, 15) is 0 Å². The molecule has 0 rings (SSSR count). The second kappa shape index (κ2) is 10.1. The minimum absolute atomic E-state index is 0.321. The summed E-state index contributed by atoms with van der Waals surface area (Å²) in [4.78, 5) is 6.69. The number of nitrogens with zero attached hydrogens (tertiary/aromatic N) is 2. The molecule has 0 bridgehead atoms. The Hall–Kier alpha value is -1.03. The summed E-state index contributed by atoms with van der Waals surface area (Å²) in [6.45, 7) is 8.10. The summed E-state index contributed by atoms with van der Waals surface area (Å²) in [7, 11) is 3.63. The SMILES string of the molecule is CC/C=C/N=C(/NC)N(CCC)C(C)COC. The van der Waals surface area contributed by atoms with Crippen LogP contribution in [0.3, 0.4) is 0 Å². The maximum Gasteiger partial charge on any atom is 0.198 e. The van der Waals surface area contributed by atoms with Crippen molar-refractivity contribution < 1.29 is 4.74 Å². The predicted molar refractivity (Wildman–Crippen MR) is 74.3 cm³/mol. The van der Waals surface area contributed by atoms with E-state index in [1.807, 2.05) is 19.3 Å². The fraction of sp³-hybridized carbons (Fsp3) is 0.769. The third-order valence-electron chi connectivity index (χ3n) is 2.44. The van der Waals surface area contributed by atoms with Gasteiger partial charge in [0.15, 0.2) is 5.96 Å². The number of aliphatic imine (C=N–C) groups is 1. The zero-order chi connectivity index (χ0) is 13.1. The van der Waals surface area contributed by atoms with E-state index >= 15 is 0 Å². The first-order chi connectivity index (χ1) is 8.21. The van der Waals surface area contributed by atoms with Gasteiger partial charge in [0.25, 0.3) is 0 Å². The van der Waals surface area contributed by atoms with Crippen LogP contribution in [-0.4, -0.2) is 44.2 Å². The van der Waals surface area contributed by atoms with Gasteiger partial charge in [0.1, 0.15) is 0 Å². The van der Waals surface area contributed by atoms with E-state index in [1.54, 1.807) is 7.11 Å². The van der Waals surface area contributed by atoms with Crippen LogP contribution in [0, 0.1) is 0 Å². The van der Waals surface area contributed by atoms with Crippen LogP contribution in [0.25, 0.3) is 0 Å². The molecule has 4 heteroatoms. The average molecular weight is 241 g/mol. The van der Waals surface area contributed by atoms with E-state index in [1.165, 1.54) is 0 Å². The molecule has 0 aromatic heterocycles. The summed E-state index contributed by atoms with van der Waals surface area (Å²) in [5, 5.41) is 3.15. The van der Waals surface area contributed by atoms with Crippen LogP contribution in [0.4, 0.5) is 0 Å². The number of nitrogens with one attached hydrogen (secondary N) is 1. The first-order valence-electron chi connectivity index (χ1n) is 6.37. The lowest BCUT2D eigenvalue weighted by Gasteiger charge is -2.30. The molecule has 1 atom stereocenters. The van der Waals surface area contributed by atoms with Gasteiger partial charge in [-0.1, -0.05) is 19.9 Å². The van der Waals surface area contributed by atoms with Crippen LogP contribution in [0.1, 0.15) is 33.6 Å². The van der Waals surface area contributed by atoms with Crippen LogP contribution in [0.5, 0.6) is 0 Å². The zero-order valence-corrected chi connectivity index (χ0v) is 11.9. The highest BCUT2D eigenvalue weighted by Crippen LogP contribution is 2.02. The van der Waals surface area contributed by atoms with E-state index in [0.29, 0.717) is 12.6 Å². The third kappa shape index (κ3) is 6.31. The Balaban J connectivity index is 4.72. The van der Waals surface area contributed by atoms with Crippen molar-refractivity contribution in [1.82, 2.24) is 10.2 Å². The summed E-state index contributed by atoms with van der Waals surface area (Å²) < 4.78 is 5.21. The van der Waals surface area contributed by atoms with E-state index in [4.69, 9.17) is 4.74 Å². The van der Waals surface area contributed by atoms with Gasteiger partial charge in [-0.15, -0.1) is 0 Å². The van der Waals surface area contributed by atoms with Crippen molar-refractivity contribution in [2.45, 2.75) is 39.7 Å². The quantitative estimate of drug-likeness (QED) is 0.548. The Labute approximate surface area is 106 Å². The van der Waals surface area contributed by atoms with Gasteiger partial charge in [-0.05, 0) is 19.8 Å². The molecule has 100 valence electrons. The number of methoxy groups -OCH3 is 1. The van der Waals surface area contributed by atoms with Crippen LogP contribution < -0.4 is 5.32 Å². The van der Waals surface area contributed by atoms with Gasteiger partial charge >= 0.3 is 0 Å². The fourth-order valence-electron chi connectivity index (χ4n) is 1.62. The van der Waals surface area contributed by atoms with Gasteiger partial charge in [-0.2, -0.15) is 0 Å². The van der Waals surface area contributed by atoms with Crippen molar-refractivity contribution in [2.24, 2.45) is 4.99 Å². The molecular formula is C13H27N3O. The van der Waals surface area contributed by atoms with E-state index < -0.39 is 0 Å². The van der Waals surface area contributed by atoms with Crippen LogP contribution in [-0.2, 0) is 4.74 Å². The highest BCUT2D eigenvalue weighted by molar-refractivity contribution is 5.80. The number of hydrogen-bond donors (Lipinski definition) is 1. The molecule has 0 aromatic rings. The number of rotatable bonds is 7. The minimum atomic E-state index is 0.321. The Kier molecular flexibility index (Phi) is 9.53. The lowest BCUT2D eigenvalue weighted by molar-refractivity contribution is 0.134. The topological polar surface area (TPSA) is 36.9 Å². The molecule has 0 aliphatic carbocycles. The van der Waals surface area contributed by atoms with Crippen LogP contribution >= 0.6 is 0 Å². The molecule has 0 heterocycles. The monoisotopic (exact) mass is 241 g/mol. The predicted octanol–water partition coefficient (Wildman–Crippen LogP) is 2.23. The first kappa shape index (κ1) is 16.0. The average Bonchev–Trinajstić information content (AvgIpc) is 2.33. The van der Waals surface area contributed by atoms with Gasteiger partial charge in [0.05, 0.1) is 12.6 Å². The molecule has 1 N–H and O–H groups in total. The molecule has 0 aliphatic rings. The maximum atomic E-state index is 5.21. The van der Waals surface area contributed by atoms with Crippen molar-refractivity contribution >= 4 is 5.96 Å². The van der Waals surface area contributed by atoms with Gasteiger partial charge in [0.2, 0.25) is 0 Å². The van der Waals surface area contributed by atoms with Crippen LogP contribution in [0.15, 0.2) is 17.3 Å². The number of ether oxygens (including phenoxy) is 1. The molecule has 0 spiro atoms. The molecule has 0 radical (unpaired) electrons. The second-order valence-corrected chi connectivity index (χ2v) is 3.99. The molecule has 0 fully saturated rings. The van der Waals surface area contributed by atoms with E-state index in [2.05, 4.69) is 36.0 Å². The van der Waals surface area contributed by atoms with Crippen molar-refractivity contribution in [3.05, 3.63) is 12.3 Å². The third-order valence-corrected chi connectivity index (χ3v) is 2.44. The van der Waals surface area contributed by atoms with Crippen molar-refractivity contribution in [2.75, 3.05) is 27.3 Å². The number of hydrogen-bond acceptors (Lipinski definition) is 2. The molecule has 0 saturated carbocycles. The summed E-state index contributed by atoms with van der Waals surface area (Å²) >= 11 is 0. The fourth-order valence-corrected chi connectivity index (χ4v) is 1.62. The van der Waals surface area contributed by atoms with Crippen molar-refractivity contribution in [3.63, 3.8) is 0 Å². The maximum absolute atomic E-state index is 5.21. The second-order valence-electron chi connectivity index (χ2n) is 3.99. The van der Waals surface area contributed by atoms with Gasteiger partial charge in [-0.3, -0.25) is 0 Å². The molecule has 0 aromatic carbocycles. The Morgan fingerprint density at radius 1 is 1.47 bits per heavy atom. The lowest BCUT2D eigenvalue weighted by Crippen LogP contribution is -2.46. The van der Waals surface area contributed by atoms with E-state index in [-0.39, 0.29) is 0 Å². The number of allylic oxidation sites excluding steroid dienone is 1. The van der Waals surface area contributed by atoms with E-state index in [0.717, 1.165) is 25.3 Å². The highest BCUT2D eigenvalue weighted by atomic mass is 16.5. The zero-order valence-electron chi connectivity index (χ0n) is 11.9. The molecule has 1 unspecified atom stereocenters. The van der Waals surface area contributed by atoms with Gasteiger partial charge < -0.3 is 15.0 Å². The Bertz CT molecular complexity index is 239. The Morgan fingerprint density at radius 3 is 2.65 bits per heavy atom. The molecule has 0 aliphatic heterocycles. The van der Waals surface area contributed by atoms with Crippen molar-refractivity contribution in [1.29, 1.82) is 0 Å². The molecular weight excluding hydrogens is 214 g/mol. The first-order valence-corrected chi connectivity index (χ1v) is 6.37. The van der Waals surface area contributed by atoms with Crippen LogP contribution in [0.2, 0.25) is 0 Å². The van der Waals surface area contributed by atoms with Crippen molar-refractivity contribution in [3.8, 4) is 0 Å². The summed E-state index contributed by atoms with van der Waals surface area (Å²) in [5.41, 5.74) is 0. The molecule has 4 nitrogen and oxygen atoms in total. The summed E-state index contributed by atoms with van der Waals surface area (Å²) in [6.07, 6.45) is 5.99. The molecule has 0 saturated heterocycles. The Morgan fingerprint density at radius 2 is 2.18 bits per heavy atom. The normalized spacial score (nSPS) is 14.1. The molecule has 17 heavy (non-hydrogen) atoms. The molecule has 0 amide bonds. The summed E-state index contributed by atoms with van der Waals surface area (Å²) in [6, 6.07) is 0.321. The van der Waals surface area contributed by atoms with Gasteiger partial charge in [-0.25, -0.2) is 4.99 Å². The summed E-state index contributed by atoms with van der Waals surface area (Å²) in [5.74, 6) is 0.904. The highest BCUT2D eigenvalue weighted by Gasteiger charge is 2.15. The standard InChI is InChI=1S/C13H27N3O/c1-6-8-9-15-13(14-4)16(10-7-2)12(3)11-17-5/h8-9,12H,6-7,10-11H2,1-5H3,(H,14,15)/b9-8+. The lowest BCUT2D eigenvalue weighted by atomic mass is 10.3. The largest absolute Gasteiger partial charge is 0.383 e. The minimum Gasteiger partial charge on any atom is -0.383 e.